The minimum absolute atomic E-state index is 0.127. The fraction of sp³-hybridized carbons (Fsp3) is 0.452. The molecule has 1 amide bonds. The molecule has 0 saturated carbocycles. The number of hydrogen-bond donors (Lipinski definition) is 1. The van der Waals surface area contributed by atoms with Crippen molar-refractivity contribution in [3.63, 3.8) is 0 Å². The smallest absolute Gasteiger partial charge is 0.273 e. The molecule has 9 heteroatoms. The SMILES string of the molecule is CCOc1nc(-c2ccc(C[C@@H](N)CC(=O)N3CCC[C@@H](c4nc5ccccc5n4CCCOC)C3)cc2)cs1. The molecule has 0 bridgehead atoms. The molecule has 3 heterocycles. The third-order valence-corrected chi connectivity index (χ3v) is 8.24. The van der Waals surface area contributed by atoms with Gasteiger partial charge in [-0.05, 0) is 50.3 Å². The van der Waals surface area contributed by atoms with E-state index in [-0.39, 0.29) is 17.9 Å². The van der Waals surface area contributed by atoms with Crippen molar-refractivity contribution in [1.82, 2.24) is 19.4 Å². The van der Waals surface area contributed by atoms with Crippen molar-refractivity contribution < 1.29 is 14.3 Å². The Bertz CT molecular complexity index is 1400. The Labute approximate surface area is 240 Å². The number of thiazole rings is 1. The average molecular weight is 562 g/mol. The number of aryl methyl sites for hydroxylation is 1. The molecule has 1 saturated heterocycles. The number of nitrogens with two attached hydrogens (primary N) is 1. The summed E-state index contributed by atoms with van der Waals surface area (Å²) in [6.07, 6.45) is 3.91. The van der Waals surface area contributed by atoms with Crippen LogP contribution in [0.25, 0.3) is 22.3 Å². The Morgan fingerprint density at radius 2 is 2.00 bits per heavy atom. The first kappa shape index (κ1) is 28.3. The highest BCUT2D eigenvalue weighted by Crippen LogP contribution is 2.30. The van der Waals surface area contributed by atoms with Gasteiger partial charge in [0.1, 0.15) is 5.82 Å². The van der Waals surface area contributed by atoms with Gasteiger partial charge in [-0.1, -0.05) is 47.7 Å². The lowest BCUT2D eigenvalue weighted by Gasteiger charge is -2.33. The van der Waals surface area contributed by atoms with Gasteiger partial charge in [-0.2, -0.15) is 0 Å². The monoisotopic (exact) mass is 561 g/mol. The van der Waals surface area contributed by atoms with Gasteiger partial charge in [0.25, 0.3) is 5.19 Å². The van der Waals surface area contributed by atoms with Gasteiger partial charge < -0.3 is 24.7 Å². The predicted molar refractivity (Wildman–Crippen MR) is 160 cm³/mol. The summed E-state index contributed by atoms with van der Waals surface area (Å²) in [7, 11) is 1.73. The summed E-state index contributed by atoms with van der Waals surface area (Å²) >= 11 is 1.50. The average Bonchev–Trinajstić information content (AvgIpc) is 3.59. The molecule has 5 rings (SSSR count). The fourth-order valence-electron chi connectivity index (χ4n) is 5.54. The number of methoxy groups -OCH3 is 1. The Balaban J connectivity index is 1.19. The second kappa shape index (κ2) is 13.4. The van der Waals surface area contributed by atoms with E-state index in [9.17, 15) is 4.79 Å². The van der Waals surface area contributed by atoms with Crippen LogP contribution in [0.3, 0.4) is 0 Å². The number of hydrogen-bond acceptors (Lipinski definition) is 7. The molecule has 1 fully saturated rings. The van der Waals surface area contributed by atoms with Gasteiger partial charge in [-0.25, -0.2) is 9.97 Å². The minimum atomic E-state index is -0.235. The van der Waals surface area contributed by atoms with Crippen LogP contribution in [-0.4, -0.2) is 64.8 Å². The van der Waals surface area contributed by atoms with Gasteiger partial charge in [0, 0.05) is 62.7 Å². The van der Waals surface area contributed by atoms with Crippen LogP contribution < -0.4 is 10.5 Å². The van der Waals surface area contributed by atoms with Crippen molar-refractivity contribution in [2.45, 2.75) is 57.5 Å². The molecule has 40 heavy (non-hydrogen) atoms. The molecule has 212 valence electrons. The zero-order valence-corrected chi connectivity index (χ0v) is 24.2. The number of benzene rings is 2. The molecular formula is C31H39N5O3S. The summed E-state index contributed by atoms with van der Waals surface area (Å²) in [6, 6.07) is 16.3. The van der Waals surface area contributed by atoms with E-state index in [1.807, 2.05) is 23.3 Å². The maximum absolute atomic E-state index is 13.3. The molecule has 1 aliphatic heterocycles. The largest absolute Gasteiger partial charge is 0.470 e. The number of aromatic nitrogens is 3. The van der Waals surface area contributed by atoms with Gasteiger partial charge in [0.05, 0.1) is 23.3 Å². The molecule has 4 aromatic rings. The fourth-order valence-corrected chi connectivity index (χ4v) is 6.28. The van der Waals surface area contributed by atoms with Crippen molar-refractivity contribution in [3.8, 4) is 16.5 Å². The van der Waals surface area contributed by atoms with Crippen LogP contribution in [-0.2, 0) is 22.5 Å². The molecule has 2 N–H and O–H groups in total. The number of para-hydroxylation sites is 2. The highest BCUT2D eigenvalue weighted by atomic mass is 32.1. The minimum Gasteiger partial charge on any atom is -0.470 e. The third kappa shape index (κ3) is 6.71. The van der Waals surface area contributed by atoms with Gasteiger partial charge in [-0.15, -0.1) is 0 Å². The van der Waals surface area contributed by atoms with Crippen molar-refractivity contribution in [2.75, 3.05) is 33.4 Å². The number of piperidine rings is 1. The highest BCUT2D eigenvalue weighted by molar-refractivity contribution is 7.11. The van der Waals surface area contributed by atoms with E-state index in [1.165, 1.54) is 11.3 Å². The molecule has 0 aliphatic carbocycles. The number of carbonyl (C=O) groups is 1. The van der Waals surface area contributed by atoms with Crippen LogP contribution in [0, 0.1) is 0 Å². The Morgan fingerprint density at radius 1 is 1.18 bits per heavy atom. The molecule has 2 aromatic carbocycles. The topological polar surface area (TPSA) is 95.5 Å². The van der Waals surface area contributed by atoms with Gasteiger partial charge in [0.2, 0.25) is 5.91 Å². The summed E-state index contributed by atoms with van der Waals surface area (Å²) < 4.78 is 13.1. The van der Waals surface area contributed by atoms with Gasteiger partial charge in [-0.3, -0.25) is 4.79 Å². The Hall–Kier alpha value is -3.27. The summed E-state index contributed by atoms with van der Waals surface area (Å²) in [4.78, 5) is 24.9. The van der Waals surface area contributed by atoms with E-state index >= 15 is 0 Å². The van der Waals surface area contributed by atoms with E-state index in [2.05, 4.69) is 52.0 Å². The maximum atomic E-state index is 13.3. The lowest BCUT2D eigenvalue weighted by Crippen LogP contribution is -2.42. The first-order valence-corrected chi connectivity index (χ1v) is 15.1. The second-order valence-electron chi connectivity index (χ2n) is 10.4. The van der Waals surface area contributed by atoms with Crippen LogP contribution in [0.15, 0.2) is 53.9 Å². The summed E-state index contributed by atoms with van der Waals surface area (Å²) in [6.45, 7) is 5.59. The first-order chi connectivity index (χ1) is 19.6. The highest BCUT2D eigenvalue weighted by Gasteiger charge is 2.29. The van der Waals surface area contributed by atoms with Crippen molar-refractivity contribution in [1.29, 1.82) is 0 Å². The molecule has 2 atom stereocenters. The van der Waals surface area contributed by atoms with Crippen molar-refractivity contribution in [3.05, 3.63) is 65.3 Å². The molecule has 2 aromatic heterocycles. The number of rotatable bonds is 12. The Morgan fingerprint density at radius 3 is 2.80 bits per heavy atom. The molecule has 1 aliphatic rings. The lowest BCUT2D eigenvalue weighted by molar-refractivity contribution is -0.132. The van der Waals surface area contributed by atoms with Gasteiger partial charge in [0.15, 0.2) is 0 Å². The van der Waals surface area contributed by atoms with Crippen molar-refractivity contribution >= 4 is 28.3 Å². The number of amides is 1. The standard InChI is InChI=1S/C31H39N5O3S/c1-3-39-31-34-27(21-40-31)23-13-11-22(12-14-23)18-25(32)19-29(37)35-15-6-8-24(20-35)30-33-26-9-4-5-10-28(26)36(30)16-7-17-38-2/h4-5,9-14,21,24-25H,3,6-8,15-20,32H2,1-2H3/t24-,25-/m1/s1. The van der Waals surface area contributed by atoms with E-state index in [0.717, 1.165) is 66.0 Å². The normalized spacial score (nSPS) is 16.4. The van der Waals surface area contributed by atoms with Crippen LogP contribution >= 0.6 is 11.3 Å². The van der Waals surface area contributed by atoms with E-state index in [0.29, 0.717) is 37.8 Å². The number of likely N-dealkylation sites (tertiary alicyclic amines) is 1. The van der Waals surface area contributed by atoms with E-state index in [4.69, 9.17) is 20.2 Å². The molecule has 0 radical (unpaired) electrons. The van der Waals surface area contributed by atoms with E-state index < -0.39 is 0 Å². The van der Waals surface area contributed by atoms with Crippen molar-refractivity contribution in [2.24, 2.45) is 5.73 Å². The van der Waals surface area contributed by atoms with Crippen LogP contribution in [0.1, 0.15) is 49.9 Å². The number of fused-ring (bicyclic) bond motifs is 1. The number of nitrogens with zero attached hydrogens (tertiary/aromatic N) is 4. The molecule has 0 unspecified atom stereocenters. The first-order valence-electron chi connectivity index (χ1n) is 14.2. The summed E-state index contributed by atoms with van der Waals surface area (Å²) in [5.41, 5.74) is 11.7. The van der Waals surface area contributed by atoms with Crippen LogP contribution in [0.2, 0.25) is 0 Å². The lowest BCUT2D eigenvalue weighted by atomic mass is 9.95. The zero-order valence-electron chi connectivity index (χ0n) is 23.4. The van der Waals surface area contributed by atoms with E-state index in [1.54, 1.807) is 7.11 Å². The number of imidazole rings is 1. The maximum Gasteiger partial charge on any atom is 0.273 e. The predicted octanol–water partition coefficient (Wildman–Crippen LogP) is 5.26. The Kier molecular flexibility index (Phi) is 9.46. The summed E-state index contributed by atoms with van der Waals surface area (Å²) in [5.74, 6) is 1.42. The molecular weight excluding hydrogens is 522 g/mol. The third-order valence-electron chi connectivity index (χ3n) is 7.49. The number of ether oxygens (including phenoxy) is 2. The quantitative estimate of drug-likeness (QED) is 0.237. The second-order valence-corrected chi connectivity index (χ2v) is 11.3. The summed E-state index contributed by atoms with van der Waals surface area (Å²) in [5, 5.41) is 2.69. The molecule has 8 nitrogen and oxygen atoms in total. The van der Waals surface area contributed by atoms with Crippen LogP contribution in [0.5, 0.6) is 5.19 Å². The van der Waals surface area contributed by atoms with Crippen LogP contribution in [0.4, 0.5) is 0 Å². The number of carbonyl (C=O) groups excluding carboxylic acids is 1. The zero-order chi connectivity index (χ0) is 27.9. The van der Waals surface area contributed by atoms with Gasteiger partial charge >= 0.3 is 0 Å². The molecule has 0 spiro atoms.